The molecule has 2 fully saturated rings. The summed E-state index contributed by atoms with van der Waals surface area (Å²) in [6, 6.07) is 8.49. The fraction of sp³-hybridized carbons (Fsp3) is 0.581. The molecule has 3 aliphatic carbocycles. The Bertz CT molecular complexity index is 1290. The Morgan fingerprint density at radius 2 is 1.82 bits per heavy atom. The Morgan fingerprint density at radius 1 is 1.15 bits per heavy atom. The number of aliphatic hydroxyl groups excluding tert-OH is 1. The molecule has 1 aromatic carbocycles. The number of benzene rings is 1. The van der Waals surface area contributed by atoms with Crippen molar-refractivity contribution < 1.29 is 38.8 Å². The quantitative estimate of drug-likeness (QED) is 0.286. The molecule has 0 aromatic heterocycles. The van der Waals surface area contributed by atoms with Gasteiger partial charge in [-0.05, 0) is 56.2 Å². The van der Waals surface area contributed by atoms with Crippen LogP contribution in [0.5, 0.6) is 0 Å². The van der Waals surface area contributed by atoms with Gasteiger partial charge in [0.05, 0.1) is 28.6 Å². The van der Waals surface area contributed by atoms with E-state index in [-0.39, 0.29) is 12.5 Å². The van der Waals surface area contributed by atoms with Crippen LogP contribution in [0, 0.1) is 28.6 Å². The minimum Gasteiger partial charge on any atom is -0.446 e. The summed E-state index contributed by atoms with van der Waals surface area (Å²) in [7, 11) is 0. The molecule has 9 heteroatoms. The van der Waals surface area contributed by atoms with Gasteiger partial charge in [-0.15, -0.1) is 0 Å². The zero-order valence-electron chi connectivity index (χ0n) is 23.9. The van der Waals surface area contributed by atoms with Crippen molar-refractivity contribution in [3.63, 3.8) is 0 Å². The number of hydrogen-bond acceptors (Lipinski definition) is 9. The van der Waals surface area contributed by atoms with Crippen molar-refractivity contribution in [3.05, 3.63) is 59.2 Å². The lowest BCUT2D eigenvalue weighted by molar-refractivity contribution is -0.397. The molecule has 9 nitrogen and oxygen atoms in total. The number of carbonyl (C=O) groups is 3. The lowest BCUT2D eigenvalue weighted by atomic mass is 9.45. The van der Waals surface area contributed by atoms with E-state index in [1.54, 1.807) is 49.4 Å². The molecule has 5 rings (SSSR count). The number of carbonyl (C=O) groups excluding carboxylic acids is 3. The standard InChI is InChI=1S/C31H39NO8/c1-17-12-15-30(37)18(2)23-24-21(13-14-29(23,6)26(35)25(34)22(17)28(30,4)5)40-31(24,39-19(3)33)32-16-38-27(36)20-10-8-7-9-11-20/h7-11,13-14,18,21,23-25,32,34,37H,12,15-16H2,1-6H3/t18?,21?,23?,24?,25?,29-,30-,31?/m1/s1. The van der Waals surface area contributed by atoms with E-state index < -0.39 is 64.2 Å². The maximum atomic E-state index is 14.2. The molecule has 0 spiro atoms. The van der Waals surface area contributed by atoms with E-state index in [1.807, 2.05) is 27.7 Å². The van der Waals surface area contributed by atoms with Crippen LogP contribution in [-0.2, 0) is 23.8 Å². The summed E-state index contributed by atoms with van der Waals surface area (Å²) in [6.07, 6.45) is 2.60. The molecule has 1 aromatic rings. The van der Waals surface area contributed by atoms with Crippen molar-refractivity contribution in [2.75, 3.05) is 6.73 Å². The largest absolute Gasteiger partial charge is 0.446 e. The zero-order valence-corrected chi connectivity index (χ0v) is 23.9. The van der Waals surface area contributed by atoms with E-state index in [4.69, 9.17) is 14.2 Å². The van der Waals surface area contributed by atoms with E-state index in [0.717, 1.165) is 5.57 Å². The molecule has 2 bridgehead atoms. The third-order valence-corrected chi connectivity index (χ3v) is 10.1. The number of rotatable bonds is 5. The highest BCUT2D eigenvalue weighted by atomic mass is 16.8. The highest BCUT2D eigenvalue weighted by Gasteiger charge is 2.72. The number of fused-ring (bicyclic) bond motifs is 5. The fourth-order valence-corrected chi connectivity index (χ4v) is 8.00. The lowest BCUT2D eigenvalue weighted by Crippen LogP contribution is -2.77. The van der Waals surface area contributed by atoms with Gasteiger partial charge in [0.2, 0.25) is 0 Å². The Morgan fingerprint density at radius 3 is 2.48 bits per heavy atom. The molecule has 3 N–H and O–H groups in total. The molecule has 4 aliphatic rings. The number of esters is 2. The molecule has 0 amide bonds. The Hall–Kier alpha value is -2.85. The van der Waals surface area contributed by atoms with Gasteiger partial charge in [0.15, 0.2) is 5.78 Å². The molecule has 40 heavy (non-hydrogen) atoms. The van der Waals surface area contributed by atoms with Crippen LogP contribution in [0.4, 0.5) is 0 Å². The minimum atomic E-state index is -1.72. The first-order chi connectivity index (χ1) is 18.7. The van der Waals surface area contributed by atoms with Crippen LogP contribution in [0.2, 0.25) is 0 Å². The van der Waals surface area contributed by atoms with Gasteiger partial charge >= 0.3 is 11.9 Å². The van der Waals surface area contributed by atoms with Crippen LogP contribution in [0.15, 0.2) is 53.6 Å². The van der Waals surface area contributed by atoms with Crippen LogP contribution in [-0.4, -0.2) is 58.4 Å². The number of nitrogens with one attached hydrogen (secondary N) is 1. The van der Waals surface area contributed by atoms with E-state index >= 15 is 0 Å². The van der Waals surface area contributed by atoms with Crippen molar-refractivity contribution in [2.24, 2.45) is 28.6 Å². The van der Waals surface area contributed by atoms with Crippen LogP contribution >= 0.6 is 0 Å². The predicted molar refractivity (Wildman–Crippen MR) is 144 cm³/mol. The number of hydrogen-bond donors (Lipinski definition) is 3. The molecule has 1 aliphatic heterocycles. The van der Waals surface area contributed by atoms with Crippen LogP contribution in [0.3, 0.4) is 0 Å². The summed E-state index contributed by atoms with van der Waals surface area (Å²) >= 11 is 0. The second-order valence-electron chi connectivity index (χ2n) is 12.5. The number of ether oxygens (including phenoxy) is 3. The zero-order chi connectivity index (χ0) is 29.3. The number of allylic oxidation sites excluding steroid dienone is 2. The number of aliphatic hydroxyl groups is 2. The minimum absolute atomic E-state index is 0.329. The Balaban J connectivity index is 1.54. The monoisotopic (exact) mass is 553 g/mol. The van der Waals surface area contributed by atoms with Gasteiger partial charge in [0, 0.05) is 12.3 Å². The highest BCUT2D eigenvalue weighted by Crippen LogP contribution is 2.64. The van der Waals surface area contributed by atoms with Crippen molar-refractivity contribution >= 4 is 17.7 Å². The maximum absolute atomic E-state index is 14.2. The summed E-state index contributed by atoms with van der Waals surface area (Å²) in [6.45, 7) is 10.3. The van der Waals surface area contributed by atoms with Crippen molar-refractivity contribution in [1.82, 2.24) is 5.32 Å². The van der Waals surface area contributed by atoms with Crippen molar-refractivity contribution in [1.29, 1.82) is 0 Å². The smallest absolute Gasteiger partial charge is 0.339 e. The molecule has 1 saturated carbocycles. The first kappa shape index (κ1) is 28.7. The molecular formula is C31H39NO8. The topological polar surface area (TPSA) is 131 Å². The molecule has 0 radical (unpaired) electrons. The Kier molecular flexibility index (Phi) is 6.89. The highest BCUT2D eigenvalue weighted by molar-refractivity contribution is 5.94. The SMILES string of the molecule is CC(=O)OC1(NCOC(=O)c2ccccc2)OC2C=C[C@@]3(C)C(=O)C(O)C4=C(C)CC[C@@](O)(C(C)C3C21)C4(C)C. The van der Waals surface area contributed by atoms with Gasteiger partial charge in [0.25, 0.3) is 5.91 Å². The third kappa shape index (κ3) is 4.01. The van der Waals surface area contributed by atoms with E-state index in [1.165, 1.54) is 6.92 Å². The molecule has 1 saturated heterocycles. The predicted octanol–water partition coefficient (Wildman–Crippen LogP) is 3.26. The van der Waals surface area contributed by atoms with Gasteiger partial charge < -0.3 is 24.4 Å². The normalized spacial score (nSPS) is 39.7. The van der Waals surface area contributed by atoms with Gasteiger partial charge in [0.1, 0.15) is 12.8 Å². The van der Waals surface area contributed by atoms with Gasteiger partial charge in [-0.25, -0.2) is 10.1 Å². The number of ketones is 1. The molecule has 1 heterocycles. The molecule has 6 unspecified atom stereocenters. The Labute approximate surface area is 234 Å². The summed E-state index contributed by atoms with van der Waals surface area (Å²) in [5, 5.41) is 26.9. The molecule has 8 atom stereocenters. The van der Waals surface area contributed by atoms with Gasteiger partial charge in [-0.3, -0.25) is 9.59 Å². The first-order valence-corrected chi connectivity index (χ1v) is 13.9. The summed E-state index contributed by atoms with van der Waals surface area (Å²) in [5.74, 6) is -4.98. The van der Waals surface area contributed by atoms with E-state index in [0.29, 0.717) is 24.0 Å². The average Bonchev–Trinajstić information content (AvgIpc) is 2.89. The van der Waals surface area contributed by atoms with Crippen LogP contribution < -0.4 is 5.32 Å². The number of Topliss-reactive ketones (excluding diaryl/α,β-unsaturated/α-hetero) is 1. The second kappa shape index (κ2) is 9.62. The van der Waals surface area contributed by atoms with Crippen molar-refractivity contribution in [3.8, 4) is 0 Å². The fourth-order valence-electron chi connectivity index (χ4n) is 8.00. The maximum Gasteiger partial charge on any atom is 0.339 e. The van der Waals surface area contributed by atoms with Crippen LogP contribution in [0.25, 0.3) is 0 Å². The summed E-state index contributed by atoms with van der Waals surface area (Å²) in [5.41, 5.74) is -1.51. The van der Waals surface area contributed by atoms with Gasteiger partial charge in [-0.1, -0.05) is 56.7 Å². The molecule has 216 valence electrons. The lowest BCUT2D eigenvalue weighted by Gasteiger charge is -2.65. The summed E-state index contributed by atoms with van der Waals surface area (Å²) < 4.78 is 17.3. The van der Waals surface area contributed by atoms with E-state index in [2.05, 4.69) is 5.32 Å². The average molecular weight is 554 g/mol. The van der Waals surface area contributed by atoms with Crippen molar-refractivity contribution in [2.45, 2.75) is 78.1 Å². The second-order valence-corrected chi connectivity index (χ2v) is 12.5. The van der Waals surface area contributed by atoms with E-state index in [9.17, 15) is 24.6 Å². The van der Waals surface area contributed by atoms with Gasteiger partial charge in [-0.2, -0.15) is 0 Å². The third-order valence-electron chi connectivity index (χ3n) is 10.1. The molecular weight excluding hydrogens is 514 g/mol. The van der Waals surface area contributed by atoms with Crippen LogP contribution in [0.1, 0.15) is 64.7 Å². The first-order valence-electron chi connectivity index (χ1n) is 13.9. The summed E-state index contributed by atoms with van der Waals surface area (Å²) in [4.78, 5) is 39.1.